The van der Waals surface area contributed by atoms with Crippen LogP contribution < -0.4 is 4.90 Å². The van der Waals surface area contributed by atoms with E-state index < -0.39 is 0 Å². The second kappa shape index (κ2) is 8.43. The van der Waals surface area contributed by atoms with E-state index in [0.717, 1.165) is 20.3 Å². The van der Waals surface area contributed by atoms with Gasteiger partial charge in [0.15, 0.2) is 5.13 Å². The first-order valence-electron chi connectivity index (χ1n) is 9.38. The molecule has 4 aromatic rings. The number of thiazole rings is 1. The molecule has 0 radical (unpaired) electrons. The maximum absolute atomic E-state index is 13.4. The van der Waals surface area contributed by atoms with Gasteiger partial charge in [-0.3, -0.25) is 14.7 Å². The lowest BCUT2D eigenvalue weighted by Gasteiger charge is -2.20. The minimum Gasteiger partial charge on any atom is -0.279 e. The van der Waals surface area contributed by atoms with Crippen molar-refractivity contribution >= 4 is 48.5 Å². The van der Waals surface area contributed by atoms with Gasteiger partial charge in [-0.05, 0) is 47.4 Å². The Morgan fingerprint density at radius 1 is 1.14 bits per heavy atom. The minimum absolute atomic E-state index is 0.0830. The molecule has 4 rings (SSSR count). The Bertz CT molecular complexity index is 1160. The zero-order valence-electron chi connectivity index (χ0n) is 16.2. The highest BCUT2D eigenvalue weighted by atomic mass is 79.9. The van der Waals surface area contributed by atoms with Crippen molar-refractivity contribution < 1.29 is 4.79 Å². The number of carbonyl (C=O) groups is 1. The standard InChI is InChI=1S/C23H20BrN3OS/c1-15(2)19-9-4-10-20-21(19)26-23(29-20)27(14-16-6-5-11-25-13-16)22(28)17-7-3-8-18(24)12-17/h3-13,15H,14H2,1-2H3. The van der Waals surface area contributed by atoms with Crippen LogP contribution in [0.3, 0.4) is 0 Å². The highest BCUT2D eigenvalue weighted by Crippen LogP contribution is 2.34. The monoisotopic (exact) mass is 465 g/mol. The van der Waals surface area contributed by atoms with Gasteiger partial charge in [0.05, 0.1) is 16.8 Å². The van der Waals surface area contributed by atoms with Crippen LogP contribution in [0.25, 0.3) is 10.2 Å². The number of fused-ring (bicyclic) bond motifs is 1. The van der Waals surface area contributed by atoms with Crippen molar-refractivity contribution in [2.45, 2.75) is 26.3 Å². The van der Waals surface area contributed by atoms with Crippen LogP contribution in [-0.4, -0.2) is 15.9 Å². The Labute approximate surface area is 182 Å². The Morgan fingerprint density at radius 2 is 1.97 bits per heavy atom. The number of hydrogen-bond acceptors (Lipinski definition) is 4. The molecule has 6 heteroatoms. The van der Waals surface area contributed by atoms with Gasteiger partial charge in [0, 0.05) is 22.4 Å². The number of amides is 1. The fourth-order valence-electron chi connectivity index (χ4n) is 3.22. The van der Waals surface area contributed by atoms with E-state index in [4.69, 9.17) is 4.98 Å². The highest BCUT2D eigenvalue weighted by molar-refractivity contribution is 9.10. The van der Waals surface area contributed by atoms with Crippen molar-refractivity contribution in [3.63, 3.8) is 0 Å². The molecule has 146 valence electrons. The Kier molecular flexibility index (Phi) is 5.74. The summed E-state index contributed by atoms with van der Waals surface area (Å²) in [6, 6.07) is 17.5. The van der Waals surface area contributed by atoms with Gasteiger partial charge in [0.25, 0.3) is 5.91 Å². The first kappa shape index (κ1) is 19.7. The van der Waals surface area contributed by atoms with E-state index in [0.29, 0.717) is 23.2 Å². The third kappa shape index (κ3) is 4.23. The number of benzene rings is 2. The third-order valence-corrected chi connectivity index (χ3v) is 6.21. The van der Waals surface area contributed by atoms with Gasteiger partial charge in [-0.15, -0.1) is 0 Å². The van der Waals surface area contributed by atoms with Gasteiger partial charge in [-0.25, -0.2) is 4.98 Å². The largest absolute Gasteiger partial charge is 0.279 e. The molecular formula is C23H20BrN3OS. The summed E-state index contributed by atoms with van der Waals surface area (Å²) in [7, 11) is 0. The topological polar surface area (TPSA) is 46.1 Å². The van der Waals surface area contributed by atoms with Crippen molar-refractivity contribution in [3.05, 3.63) is 88.2 Å². The maximum atomic E-state index is 13.4. The molecule has 0 N–H and O–H groups in total. The van der Waals surface area contributed by atoms with Crippen molar-refractivity contribution in [2.24, 2.45) is 0 Å². The number of anilines is 1. The van der Waals surface area contributed by atoms with Crippen LogP contribution in [0.15, 0.2) is 71.5 Å². The second-order valence-corrected chi connectivity index (χ2v) is 9.03. The first-order chi connectivity index (χ1) is 14.0. The molecule has 0 unspecified atom stereocenters. The molecule has 0 spiro atoms. The van der Waals surface area contributed by atoms with E-state index in [1.54, 1.807) is 28.6 Å². The molecule has 0 saturated heterocycles. The van der Waals surface area contributed by atoms with Crippen molar-refractivity contribution in [1.29, 1.82) is 0 Å². The zero-order valence-corrected chi connectivity index (χ0v) is 18.6. The smallest absolute Gasteiger partial charge is 0.260 e. The molecule has 0 fully saturated rings. The number of para-hydroxylation sites is 1. The molecule has 0 atom stereocenters. The normalized spacial score (nSPS) is 11.2. The number of pyridine rings is 1. The SMILES string of the molecule is CC(C)c1cccc2sc(N(Cc3cccnc3)C(=O)c3cccc(Br)c3)nc12. The van der Waals surface area contributed by atoms with Gasteiger partial charge in [0.2, 0.25) is 0 Å². The van der Waals surface area contributed by atoms with E-state index in [-0.39, 0.29) is 5.91 Å². The van der Waals surface area contributed by atoms with E-state index in [9.17, 15) is 4.79 Å². The Hall–Kier alpha value is -2.57. The summed E-state index contributed by atoms with van der Waals surface area (Å²) >= 11 is 5.01. The van der Waals surface area contributed by atoms with Gasteiger partial charge in [-0.1, -0.05) is 65.4 Å². The molecule has 2 aromatic carbocycles. The predicted octanol–water partition coefficient (Wildman–Crippen LogP) is 6.42. The van der Waals surface area contributed by atoms with E-state index in [1.807, 2.05) is 36.4 Å². The number of aromatic nitrogens is 2. The van der Waals surface area contributed by atoms with Crippen LogP contribution >= 0.6 is 27.3 Å². The van der Waals surface area contributed by atoms with Crippen molar-refractivity contribution in [1.82, 2.24) is 9.97 Å². The molecule has 2 heterocycles. The summed E-state index contributed by atoms with van der Waals surface area (Å²) in [5, 5.41) is 0.696. The van der Waals surface area contributed by atoms with Crippen molar-refractivity contribution in [2.75, 3.05) is 4.90 Å². The van der Waals surface area contributed by atoms with Gasteiger partial charge >= 0.3 is 0 Å². The molecule has 4 nitrogen and oxygen atoms in total. The summed E-state index contributed by atoms with van der Waals surface area (Å²) in [4.78, 5) is 24.3. The summed E-state index contributed by atoms with van der Waals surface area (Å²) in [6.45, 7) is 4.73. The molecule has 0 aliphatic rings. The van der Waals surface area contributed by atoms with E-state index >= 15 is 0 Å². The molecule has 0 aliphatic carbocycles. The third-order valence-electron chi connectivity index (χ3n) is 4.67. The van der Waals surface area contributed by atoms with Crippen LogP contribution in [0.1, 0.15) is 41.3 Å². The van der Waals surface area contributed by atoms with Crippen LogP contribution in [0.4, 0.5) is 5.13 Å². The Morgan fingerprint density at radius 3 is 2.69 bits per heavy atom. The predicted molar refractivity (Wildman–Crippen MR) is 123 cm³/mol. The molecular weight excluding hydrogens is 446 g/mol. The molecule has 29 heavy (non-hydrogen) atoms. The number of nitrogens with zero attached hydrogens (tertiary/aromatic N) is 3. The maximum Gasteiger partial charge on any atom is 0.260 e. The van der Waals surface area contributed by atoms with Crippen LogP contribution in [0.2, 0.25) is 0 Å². The average molecular weight is 466 g/mol. The summed E-state index contributed by atoms with van der Waals surface area (Å²) < 4.78 is 1.96. The van der Waals surface area contributed by atoms with Crippen LogP contribution in [0.5, 0.6) is 0 Å². The lowest BCUT2D eigenvalue weighted by atomic mass is 10.0. The van der Waals surface area contributed by atoms with Crippen molar-refractivity contribution in [3.8, 4) is 0 Å². The quantitative estimate of drug-likeness (QED) is 0.341. The Balaban J connectivity index is 1.81. The number of carbonyl (C=O) groups excluding carboxylic acids is 1. The second-order valence-electron chi connectivity index (χ2n) is 7.11. The zero-order chi connectivity index (χ0) is 20.4. The summed E-state index contributed by atoms with van der Waals surface area (Å²) in [5.41, 5.74) is 3.74. The number of halogens is 1. The lowest BCUT2D eigenvalue weighted by Crippen LogP contribution is -2.30. The molecule has 0 saturated carbocycles. The molecule has 1 amide bonds. The van der Waals surface area contributed by atoms with Crippen LogP contribution in [0, 0.1) is 0 Å². The summed E-state index contributed by atoms with van der Waals surface area (Å²) in [5.74, 6) is 0.279. The number of rotatable bonds is 5. The fourth-order valence-corrected chi connectivity index (χ4v) is 4.61. The fraction of sp³-hybridized carbons (Fsp3) is 0.174. The number of hydrogen-bond donors (Lipinski definition) is 0. The van der Waals surface area contributed by atoms with Gasteiger partial charge in [0.1, 0.15) is 0 Å². The van der Waals surface area contributed by atoms with Gasteiger partial charge in [-0.2, -0.15) is 0 Å². The van der Waals surface area contributed by atoms with Gasteiger partial charge < -0.3 is 0 Å². The lowest BCUT2D eigenvalue weighted by molar-refractivity contribution is 0.0985. The molecule has 0 bridgehead atoms. The molecule has 0 aliphatic heterocycles. The van der Waals surface area contributed by atoms with E-state index in [1.165, 1.54) is 5.56 Å². The molecule has 2 aromatic heterocycles. The minimum atomic E-state index is -0.0830. The average Bonchev–Trinajstić information content (AvgIpc) is 3.16. The first-order valence-corrected chi connectivity index (χ1v) is 11.0. The van der Waals surface area contributed by atoms with E-state index in [2.05, 4.69) is 53.0 Å². The summed E-state index contributed by atoms with van der Waals surface area (Å²) in [6.07, 6.45) is 3.52. The highest BCUT2D eigenvalue weighted by Gasteiger charge is 2.23. The van der Waals surface area contributed by atoms with Crippen LogP contribution in [-0.2, 0) is 6.54 Å².